The highest BCUT2D eigenvalue weighted by Gasteiger charge is 2.30. The van der Waals surface area contributed by atoms with Gasteiger partial charge in [-0.15, -0.1) is 0 Å². The normalized spacial score (nSPS) is 14.6. The molecular weight excluding hydrogens is 1270 g/mol. The standard InChI is InChI=1S/C78H152O17P2/c1-9-70(7)56-48-40-32-24-18-13-11-12-14-19-27-35-44-52-60-77(82)95-74(65-89-76(81)59-51-43-37-29-31-39-47-55-69(5)6)67-93-97(86,87)91-63-72(79)62-90-96(84,85)92-66-73(64-88-75(80)58-50-42-34-26-22-21-25-33-41-49-57-71(8)10-2)94-78(83)61-53-45-36-28-20-16-15-17-23-30-38-46-54-68(3)4/h68-74,79H,9-67H2,1-8H3,(H,84,85)(H,86,87)/t70?,71?,72?,73-,74-/m1/s1. The van der Waals surface area contributed by atoms with Crippen LogP contribution in [0.5, 0.6) is 0 Å². The second kappa shape index (κ2) is 67.2. The smallest absolute Gasteiger partial charge is 0.462 e. The van der Waals surface area contributed by atoms with Gasteiger partial charge in [0.1, 0.15) is 19.3 Å². The number of unbranched alkanes of at least 4 members (excludes halogenated alkanes) is 39. The molecule has 5 unspecified atom stereocenters. The molecule has 0 saturated heterocycles. The van der Waals surface area contributed by atoms with Crippen LogP contribution in [-0.2, 0) is 65.4 Å². The highest BCUT2D eigenvalue weighted by molar-refractivity contribution is 7.47. The topological polar surface area (TPSA) is 237 Å². The number of esters is 4. The van der Waals surface area contributed by atoms with Crippen LogP contribution in [0.15, 0.2) is 0 Å². The maximum Gasteiger partial charge on any atom is 0.472 e. The van der Waals surface area contributed by atoms with Gasteiger partial charge in [0.05, 0.1) is 26.4 Å². The van der Waals surface area contributed by atoms with Crippen molar-refractivity contribution in [3.8, 4) is 0 Å². The number of phosphoric ester groups is 2. The number of phosphoric acid groups is 2. The Bertz CT molecular complexity index is 1910. The van der Waals surface area contributed by atoms with Gasteiger partial charge in [-0.25, -0.2) is 9.13 Å². The minimum Gasteiger partial charge on any atom is -0.462 e. The zero-order chi connectivity index (χ0) is 71.7. The monoisotopic (exact) mass is 1420 g/mol. The third kappa shape index (κ3) is 69.5. The Morgan fingerprint density at radius 3 is 0.732 bits per heavy atom. The molecule has 0 saturated carbocycles. The number of rotatable bonds is 75. The van der Waals surface area contributed by atoms with E-state index in [9.17, 15) is 43.2 Å². The highest BCUT2D eigenvalue weighted by Crippen LogP contribution is 2.45. The number of carbonyl (C=O) groups excluding carboxylic acids is 4. The Morgan fingerprint density at radius 2 is 0.495 bits per heavy atom. The summed E-state index contributed by atoms with van der Waals surface area (Å²) in [6.45, 7) is 14.3. The van der Waals surface area contributed by atoms with Gasteiger partial charge in [0, 0.05) is 25.7 Å². The molecule has 0 aromatic rings. The van der Waals surface area contributed by atoms with Crippen molar-refractivity contribution in [2.24, 2.45) is 23.7 Å². The van der Waals surface area contributed by atoms with Crippen LogP contribution in [0.3, 0.4) is 0 Å². The Hall–Kier alpha value is -1.94. The van der Waals surface area contributed by atoms with E-state index in [1.807, 2.05) is 0 Å². The molecule has 0 spiro atoms. The third-order valence-corrected chi connectivity index (χ3v) is 20.7. The van der Waals surface area contributed by atoms with E-state index < -0.39 is 97.5 Å². The lowest BCUT2D eigenvalue weighted by atomic mass is 9.99. The van der Waals surface area contributed by atoms with Crippen molar-refractivity contribution >= 4 is 39.5 Å². The molecule has 3 N–H and O–H groups in total. The largest absolute Gasteiger partial charge is 0.472 e. The summed E-state index contributed by atoms with van der Waals surface area (Å²) in [5, 5.41) is 10.6. The molecule has 0 rings (SSSR count). The maximum atomic E-state index is 13.1. The molecule has 0 amide bonds. The van der Waals surface area contributed by atoms with Crippen LogP contribution >= 0.6 is 15.6 Å². The van der Waals surface area contributed by atoms with Crippen LogP contribution in [0.2, 0.25) is 0 Å². The quantitative estimate of drug-likeness (QED) is 0.0222. The van der Waals surface area contributed by atoms with Gasteiger partial charge in [-0.3, -0.25) is 37.3 Å². The molecule has 7 atom stereocenters. The van der Waals surface area contributed by atoms with E-state index in [0.29, 0.717) is 31.6 Å². The molecular formula is C78H152O17P2. The first kappa shape index (κ1) is 95.1. The number of hydrogen-bond acceptors (Lipinski definition) is 15. The predicted molar refractivity (Wildman–Crippen MR) is 395 cm³/mol. The lowest BCUT2D eigenvalue weighted by Gasteiger charge is -2.21. The minimum absolute atomic E-state index is 0.106. The van der Waals surface area contributed by atoms with E-state index in [1.54, 1.807) is 0 Å². The molecule has 0 aliphatic heterocycles. The summed E-state index contributed by atoms with van der Waals surface area (Å²) < 4.78 is 68.6. The fourth-order valence-corrected chi connectivity index (χ4v) is 13.4. The SMILES string of the molecule is CCC(C)CCCCCCCCCCCCCCCCC(=O)O[C@H](COC(=O)CCCCCCCCCC(C)C)COP(=O)(O)OCC(O)COP(=O)(O)OC[C@@H](COC(=O)CCCCCCCCCCCCC(C)CC)OC(=O)CCCCCCCCCCCCCCC(C)C. The third-order valence-electron chi connectivity index (χ3n) is 18.8. The summed E-state index contributed by atoms with van der Waals surface area (Å²) >= 11 is 0. The van der Waals surface area contributed by atoms with Gasteiger partial charge < -0.3 is 33.8 Å². The summed E-state index contributed by atoms with van der Waals surface area (Å²) in [6, 6.07) is 0. The van der Waals surface area contributed by atoms with Gasteiger partial charge in [0.2, 0.25) is 0 Å². The van der Waals surface area contributed by atoms with E-state index in [2.05, 4.69) is 55.4 Å². The van der Waals surface area contributed by atoms with Crippen molar-refractivity contribution in [2.75, 3.05) is 39.6 Å². The fourth-order valence-electron chi connectivity index (χ4n) is 11.8. The van der Waals surface area contributed by atoms with Crippen molar-refractivity contribution in [1.29, 1.82) is 0 Å². The molecule has 0 aliphatic carbocycles. The predicted octanol–water partition coefficient (Wildman–Crippen LogP) is 22.8. The van der Waals surface area contributed by atoms with Gasteiger partial charge in [-0.2, -0.15) is 0 Å². The van der Waals surface area contributed by atoms with Gasteiger partial charge in [-0.05, 0) is 49.4 Å². The summed E-state index contributed by atoms with van der Waals surface area (Å²) in [5.74, 6) is 1.02. The van der Waals surface area contributed by atoms with Crippen molar-refractivity contribution in [1.82, 2.24) is 0 Å². The number of hydrogen-bond donors (Lipinski definition) is 3. The molecule has 0 bridgehead atoms. The van der Waals surface area contributed by atoms with Gasteiger partial charge >= 0.3 is 39.5 Å². The van der Waals surface area contributed by atoms with Crippen molar-refractivity contribution in [3.05, 3.63) is 0 Å². The second-order valence-electron chi connectivity index (χ2n) is 29.5. The number of aliphatic hydroxyl groups is 1. The first-order chi connectivity index (χ1) is 46.7. The van der Waals surface area contributed by atoms with Gasteiger partial charge in [0.25, 0.3) is 0 Å². The lowest BCUT2D eigenvalue weighted by Crippen LogP contribution is -2.30. The number of ether oxygens (including phenoxy) is 4. The molecule has 0 aromatic carbocycles. The van der Waals surface area contributed by atoms with Crippen LogP contribution in [0, 0.1) is 23.7 Å². The van der Waals surface area contributed by atoms with Crippen molar-refractivity contribution in [3.63, 3.8) is 0 Å². The van der Waals surface area contributed by atoms with Gasteiger partial charge in [0.15, 0.2) is 12.2 Å². The Labute approximate surface area is 594 Å². The molecule has 0 radical (unpaired) electrons. The number of carbonyl (C=O) groups is 4. The average Bonchev–Trinajstić information content (AvgIpc) is 1.07. The van der Waals surface area contributed by atoms with E-state index in [-0.39, 0.29) is 25.7 Å². The highest BCUT2D eigenvalue weighted by atomic mass is 31.2. The minimum atomic E-state index is -4.96. The average molecular weight is 1420 g/mol. The lowest BCUT2D eigenvalue weighted by molar-refractivity contribution is -0.161. The Kier molecular flexibility index (Phi) is 65.9. The zero-order valence-electron chi connectivity index (χ0n) is 63.7. The van der Waals surface area contributed by atoms with Crippen LogP contribution in [0.4, 0.5) is 0 Å². The van der Waals surface area contributed by atoms with Gasteiger partial charge in [-0.1, -0.05) is 344 Å². The van der Waals surface area contributed by atoms with E-state index in [4.69, 9.17) is 37.0 Å². The van der Waals surface area contributed by atoms with E-state index in [0.717, 1.165) is 114 Å². The fraction of sp³-hybridized carbons (Fsp3) is 0.949. The first-order valence-corrected chi connectivity index (χ1v) is 43.3. The van der Waals surface area contributed by atoms with E-state index in [1.165, 1.54) is 193 Å². The molecule has 0 heterocycles. The Morgan fingerprint density at radius 1 is 0.289 bits per heavy atom. The number of aliphatic hydroxyl groups excluding tert-OH is 1. The Balaban J connectivity index is 5.25. The molecule has 19 heteroatoms. The zero-order valence-corrected chi connectivity index (χ0v) is 65.5. The molecule has 576 valence electrons. The molecule has 97 heavy (non-hydrogen) atoms. The molecule has 0 aliphatic rings. The summed E-state index contributed by atoms with van der Waals surface area (Å²) in [6.07, 6.45) is 52.6. The van der Waals surface area contributed by atoms with Crippen LogP contribution in [0.1, 0.15) is 396 Å². The van der Waals surface area contributed by atoms with Crippen molar-refractivity contribution in [2.45, 2.75) is 414 Å². The first-order valence-electron chi connectivity index (χ1n) is 40.3. The summed E-state index contributed by atoms with van der Waals surface area (Å²) in [4.78, 5) is 72.9. The van der Waals surface area contributed by atoms with Crippen LogP contribution in [-0.4, -0.2) is 96.7 Å². The maximum absolute atomic E-state index is 13.1. The van der Waals surface area contributed by atoms with Crippen LogP contribution < -0.4 is 0 Å². The van der Waals surface area contributed by atoms with Crippen molar-refractivity contribution < 1.29 is 80.2 Å². The van der Waals surface area contributed by atoms with Crippen LogP contribution in [0.25, 0.3) is 0 Å². The molecule has 17 nitrogen and oxygen atoms in total. The molecule has 0 fully saturated rings. The molecule has 0 aromatic heterocycles. The summed E-state index contributed by atoms with van der Waals surface area (Å²) in [5.41, 5.74) is 0. The summed E-state index contributed by atoms with van der Waals surface area (Å²) in [7, 11) is -9.92. The van der Waals surface area contributed by atoms with E-state index >= 15 is 0 Å². The second-order valence-corrected chi connectivity index (χ2v) is 32.4.